The molecule has 1 aromatic heterocycles. The number of hydrogen-bond donors (Lipinski definition) is 2. The molecule has 0 unspecified atom stereocenters. The Bertz CT molecular complexity index is 1000. The van der Waals surface area contributed by atoms with Crippen molar-refractivity contribution in [2.45, 2.75) is 11.4 Å². The van der Waals surface area contributed by atoms with Gasteiger partial charge in [-0.05, 0) is 48.5 Å². The summed E-state index contributed by atoms with van der Waals surface area (Å²) >= 11 is 7.26. The molecule has 0 saturated heterocycles. The Hall–Kier alpha value is -2.35. The zero-order valence-corrected chi connectivity index (χ0v) is 15.9. The van der Waals surface area contributed by atoms with Crippen molar-refractivity contribution in [3.63, 3.8) is 0 Å². The van der Waals surface area contributed by atoms with Crippen molar-refractivity contribution in [3.05, 3.63) is 81.5 Å². The number of hydrogen-bond acceptors (Lipinski definition) is 4. The molecule has 0 aliphatic rings. The molecule has 0 aliphatic heterocycles. The second-order valence-corrected chi connectivity index (χ2v) is 8.87. The third-order valence-electron chi connectivity index (χ3n) is 3.50. The van der Waals surface area contributed by atoms with Crippen LogP contribution >= 0.6 is 22.9 Å². The van der Waals surface area contributed by atoms with Crippen LogP contribution in [0.3, 0.4) is 0 Å². The quantitative estimate of drug-likeness (QED) is 0.646. The lowest BCUT2D eigenvalue weighted by Crippen LogP contribution is -2.22. The average molecular weight is 407 g/mol. The normalized spacial score (nSPS) is 11.1. The van der Waals surface area contributed by atoms with Crippen LogP contribution in [0.4, 0.5) is 5.69 Å². The van der Waals surface area contributed by atoms with Gasteiger partial charge in [0.25, 0.3) is 15.9 Å². The molecule has 0 fully saturated rings. The van der Waals surface area contributed by atoms with E-state index >= 15 is 0 Å². The van der Waals surface area contributed by atoms with Crippen LogP contribution < -0.4 is 10.0 Å². The number of carbonyl (C=O) groups excluding carboxylic acids is 1. The summed E-state index contributed by atoms with van der Waals surface area (Å²) in [7, 11) is -3.65. The largest absolute Gasteiger partial charge is 0.347 e. The lowest BCUT2D eigenvalue weighted by atomic mass is 10.2. The summed E-state index contributed by atoms with van der Waals surface area (Å²) in [6.07, 6.45) is 0. The summed E-state index contributed by atoms with van der Waals surface area (Å²) in [6, 6.07) is 18.0. The number of amides is 1. The van der Waals surface area contributed by atoms with Gasteiger partial charge >= 0.3 is 0 Å². The van der Waals surface area contributed by atoms with Crippen LogP contribution in [-0.2, 0) is 16.6 Å². The van der Waals surface area contributed by atoms with Gasteiger partial charge < -0.3 is 5.32 Å². The zero-order valence-electron chi connectivity index (χ0n) is 13.5. The molecule has 26 heavy (non-hydrogen) atoms. The van der Waals surface area contributed by atoms with Crippen molar-refractivity contribution in [1.29, 1.82) is 0 Å². The van der Waals surface area contributed by atoms with Crippen molar-refractivity contribution in [2.75, 3.05) is 4.72 Å². The number of thiophene rings is 1. The minimum atomic E-state index is -3.65. The van der Waals surface area contributed by atoms with E-state index in [-0.39, 0.29) is 10.8 Å². The SMILES string of the molecule is O=C(NCc1ccc(Cl)s1)c1ccc(NS(=O)(=O)c2ccccc2)cc1. The molecule has 0 atom stereocenters. The van der Waals surface area contributed by atoms with Crippen LogP contribution in [0.2, 0.25) is 4.34 Å². The standard InChI is InChI=1S/C18H15ClN2O3S2/c19-17-11-10-15(25-17)12-20-18(22)13-6-8-14(9-7-13)21-26(23,24)16-4-2-1-3-5-16/h1-11,21H,12H2,(H,20,22). The summed E-state index contributed by atoms with van der Waals surface area (Å²) in [5, 5.41) is 2.80. The van der Waals surface area contributed by atoms with Crippen LogP contribution in [0.1, 0.15) is 15.2 Å². The van der Waals surface area contributed by atoms with Gasteiger partial charge in [-0.2, -0.15) is 0 Å². The molecule has 3 rings (SSSR count). The average Bonchev–Trinajstić information content (AvgIpc) is 3.06. The Morgan fingerprint density at radius 1 is 0.962 bits per heavy atom. The molecule has 2 aromatic carbocycles. The van der Waals surface area contributed by atoms with E-state index in [2.05, 4.69) is 10.0 Å². The molecule has 134 valence electrons. The van der Waals surface area contributed by atoms with Crippen LogP contribution in [0, 0.1) is 0 Å². The van der Waals surface area contributed by atoms with Gasteiger partial charge in [-0.3, -0.25) is 9.52 Å². The molecule has 0 spiro atoms. The first kappa shape index (κ1) is 18.4. The molecule has 5 nitrogen and oxygen atoms in total. The number of benzene rings is 2. The van der Waals surface area contributed by atoms with Crippen molar-refractivity contribution in [1.82, 2.24) is 5.32 Å². The fourth-order valence-electron chi connectivity index (χ4n) is 2.22. The Balaban J connectivity index is 1.63. The number of rotatable bonds is 6. The predicted molar refractivity (Wildman–Crippen MR) is 104 cm³/mol. The number of halogens is 1. The van der Waals surface area contributed by atoms with E-state index in [9.17, 15) is 13.2 Å². The second kappa shape index (κ2) is 7.90. The summed E-state index contributed by atoms with van der Waals surface area (Å²) in [5.41, 5.74) is 0.825. The van der Waals surface area contributed by atoms with E-state index in [1.165, 1.54) is 23.5 Å². The maximum absolute atomic E-state index is 12.3. The lowest BCUT2D eigenvalue weighted by molar-refractivity contribution is 0.0951. The smallest absolute Gasteiger partial charge is 0.261 e. The van der Waals surface area contributed by atoms with Gasteiger partial charge in [-0.15, -0.1) is 11.3 Å². The Labute approximate surface area is 160 Å². The topological polar surface area (TPSA) is 75.3 Å². The Morgan fingerprint density at radius 2 is 1.65 bits per heavy atom. The number of carbonyl (C=O) groups is 1. The fraction of sp³-hybridized carbons (Fsp3) is 0.0556. The predicted octanol–water partition coefficient (Wildman–Crippen LogP) is 4.13. The first-order chi connectivity index (χ1) is 12.4. The fourth-order valence-corrected chi connectivity index (χ4v) is 4.33. The van der Waals surface area contributed by atoms with E-state index in [0.717, 1.165) is 4.88 Å². The number of nitrogens with one attached hydrogen (secondary N) is 2. The van der Waals surface area contributed by atoms with Crippen LogP contribution in [0.15, 0.2) is 71.6 Å². The van der Waals surface area contributed by atoms with E-state index in [1.54, 1.807) is 48.5 Å². The van der Waals surface area contributed by atoms with E-state index in [4.69, 9.17) is 11.6 Å². The minimum absolute atomic E-state index is 0.177. The maximum Gasteiger partial charge on any atom is 0.261 e. The van der Waals surface area contributed by atoms with E-state index < -0.39 is 10.0 Å². The van der Waals surface area contributed by atoms with Crippen molar-refractivity contribution in [3.8, 4) is 0 Å². The van der Waals surface area contributed by atoms with Gasteiger partial charge in [0.05, 0.1) is 15.8 Å². The second-order valence-electron chi connectivity index (χ2n) is 5.38. The van der Waals surface area contributed by atoms with Crippen LogP contribution in [-0.4, -0.2) is 14.3 Å². The highest BCUT2D eigenvalue weighted by Gasteiger charge is 2.14. The third-order valence-corrected chi connectivity index (χ3v) is 6.13. The highest BCUT2D eigenvalue weighted by atomic mass is 35.5. The molecule has 8 heteroatoms. The molecule has 0 radical (unpaired) electrons. The molecular formula is C18H15ClN2O3S2. The first-order valence-electron chi connectivity index (χ1n) is 7.64. The summed E-state index contributed by atoms with van der Waals surface area (Å²) in [4.78, 5) is 13.3. The molecule has 0 saturated carbocycles. The van der Waals surface area contributed by atoms with Crippen molar-refractivity contribution < 1.29 is 13.2 Å². The van der Waals surface area contributed by atoms with Gasteiger partial charge in [-0.1, -0.05) is 29.8 Å². The van der Waals surface area contributed by atoms with Crippen molar-refractivity contribution in [2.24, 2.45) is 0 Å². The third kappa shape index (κ3) is 4.63. The number of anilines is 1. The number of sulfonamides is 1. The lowest BCUT2D eigenvalue weighted by Gasteiger charge is -2.09. The molecule has 0 aliphatic carbocycles. The molecule has 1 amide bonds. The summed E-state index contributed by atoms with van der Waals surface area (Å²) < 4.78 is 27.7. The molecule has 0 bridgehead atoms. The maximum atomic E-state index is 12.3. The van der Waals surface area contributed by atoms with Gasteiger partial charge in [0, 0.05) is 16.1 Å². The first-order valence-corrected chi connectivity index (χ1v) is 10.3. The van der Waals surface area contributed by atoms with Crippen molar-refractivity contribution >= 4 is 44.6 Å². The van der Waals surface area contributed by atoms with E-state index in [1.807, 2.05) is 6.07 Å². The van der Waals surface area contributed by atoms with Gasteiger partial charge in [0.15, 0.2) is 0 Å². The van der Waals surface area contributed by atoms with Crippen LogP contribution in [0.5, 0.6) is 0 Å². The van der Waals surface area contributed by atoms with Crippen LogP contribution in [0.25, 0.3) is 0 Å². The highest BCUT2D eigenvalue weighted by molar-refractivity contribution is 7.92. The Morgan fingerprint density at radius 3 is 2.27 bits per heavy atom. The zero-order chi connectivity index (χ0) is 18.6. The molecular weight excluding hydrogens is 392 g/mol. The van der Waals surface area contributed by atoms with Gasteiger partial charge in [-0.25, -0.2) is 8.42 Å². The Kier molecular flexibility index (Phi) is 5.61. The highest BCUT2D eigenvalue weighted by Crippen LogP contribution is 2.21. The van der Waals surface area contributed by atoms with Gasteiger partial charge in [0.2, 0.25) is 0 Å². The van der Waals surface area contributed by atoms with E-state index in [0.29, 0.717) is 22.1 Å². The monoisotopic (exact) mass is 406 g/mol. The minimum Gasteiger partial charge on any atom is -0.347 e. The summed E-state index contributed by atoms with van der Waals surface area (Å²) in [6.45, 7) is 0.388. The summed E-state index contributed by atoms with van der Waals surface area (Å²) in [5.74, 6) is -0.244. The van der Waals surface area contributed by atoms with Gasteiger partial charge in [0.1, 0.15) is 0 Å². The molecule has 3 aromatic rings. The molecule has 2 N–H and O–H groups in total. The molecule has 1 heterocycles.